The Bertz CT molecular complexity index is 704. The monoisotopic (exact) mass is 590 g/mol. The Morgan fingerprint density at radius 2 is 1.10 bits per heavy atom. The second kappa shape index (κ2) is 27.7. The molecule has 2 atom stereocenters. The SMILES string of the molecule is CNC(CC(=O)NCCNCCN)C(=O)NCCCOCCOCCCNC(=O)C(N)CC(=O)NCCNCCN. The number of carbonyl (C=O) groups excluding carboxylic acids is 4. The molecule has 0 saturated heterocycles. The van der Waals surface area contributed by atoms with E-state index in [9.17, 15) is 19.2 Å². The largest absolute Gasteiger partial charge is 0.379 e. The molecule has 4 amide bonds. The molecule has 0 aliphatic heterocycles. The number of likely N-dealkylation sites (N-methyl/N-ethyl adjacent to an activating group) is 1. The Morgan fingerprint density at radius 3 is 1.59 bits per heavy atom. The van der Waals surface area contributed by atoms with Gasteiger partial charge in [0.25, 0.3) is 0 Å². The Labute approximate surface area is 243 Å². The number of hydrogen-bond acceptors (Lipinski definition) is 12. The van der Waals surface area contributed by atoms with Gasteiger partial charge in [-0.25, -0.2) is 0 Å². The van der Waals surface area contributed by atoms with Gasteiger partial charge in [0.2, 0.25) is 23.6 Å². The molecule has 41 heavy (non-hydrogen) atoms. The summed E-state index contributed by atoms with van der Waals surface area (Å²) in [6, 6.07) is -1.52. The van der Waals surface area contributed by atoms with Crippen LogP contribution in [-0.4, -0.2) is 135 Å². The van der Waals surface area contributed by atoms with Crippen molar-refractivity contribution in [1.82, 2.24) is 37.2 Å². The Kier molecular flexibility index (Phi) is 26.1. The van der Waals surface area contributed by atoms with Crippen LogP contribution in [0.15, 0.2) is 0 Å². The van der Waals surface area contributed by atoms with E-state index < -0.39 is 12.1 Å². The smallest absolute Gasteiger partial charge is 0.237 e. The standard InChI is InChI=1S/C25H54N10O6/c1-29-21(19-23(37)33-13-11-31-9-5-27)25(39)35-7-3-15-41-17-16-40-14-2-6-34-24(38)20(28)18-22(36)32-12-10-30-8-4-26/h20-21,29-31H,2-19,26-28H2,1H3,(H,32,36)(H,33,37)(H,34,38)(H,35,39). The third-order valence-electron chi connectivity index (χ3n) is 5.59. The topological polar surface area (TPSA) is 249 Å². The fourth-order valence-electron chi connectivity index (χ4n) is 3.33. The van der Waals surface area contributed by atoms with E-state index in [4.69, 9.17) is 26.7 Å². The van der Waals surface area contributed by atoms with E-state index in [2.05, 4.69) is 37.2 Å². The van der Waals surface area contributed by atoms with Crippen LogP contribution >= 0.6 is 0 Å². The number of carbonyl (C=O) groups is 4. The predicted octanol–water partition coefficient (Wildman–Crippen LogP) is -4.94. The van der Waals surface area contributed by atoms with Crippen molar-refractivity contribution in [3.8, 4) is 0 Å². The summed E-state index contributed by atoms with van der Waals surface area (Å²) >= 11 is 0. The first-order valence-electron chi connectivity index (χ1n) is 14.3. The maximum absolute atomic E-state index is 12.3. The Hall–Kier alpha value is -2.44. The highest BCUT2D eigenvalue weighted by Crippen LogP contribution is 1.93. The van der Waals surface area contributed by atoms with E-state index in [1.807, 2.05) is 0 Å². The molecule has 16 heteroatoms. The van der Waals surface area contributed by atoms with Crippen LogP contribution in [0.1, 0.15) is 25.7 Å². The maximum Gasteiger partial charge on any atom is 0.237 e. The molecular formula is C25H54N10O6. The minimum absolute atomic E-state index is 0.0507. The maximum atomic E-state index is 12.3. The van der Waals surface area contributed by atoms with Crippen molar-refractivity contribution >= 4 is 23.6 Å². The lowest BCUT2D eigenvalue weighted by atomic mass is 10.2. The van der Waals surface area contributed by atoms with Gasteiger partial charge in [-0.1, -0.05) is 0 Å². The number of hydrogen-bond donors (Lipinski definition) is 10. The summed E-state index contributed by atoms with van der Waals surface area (Å²) in [4.78, 5) is 48.1. The number of ether oxygens (including phenoxy) is 2. The van der Waals surface area contributed by atoms with Crippen LogP contribution in [0.5, 0.6) is 0 Å². The normalized spacial score (nSPS) is 12.4. The second-order valence-electron chi connectivity index (χ2n) is 9.15. The molecule has 0 aromatic rings. The molecular weight excluding hydrogens is 536 g/mol. The molecule has 0 aromatic carbocycles. The van der Waals surface area contributed by atoms with Crippen LogP contribution in [-0.2, 0) is 28.7 Å². The van der Waals surface area contributed by atoms with Crippen molar-refractivity contribution in [2.45, 2.75) is 37.8 Å². The molecule has 0 heterocycles. The van der Waals surface area contributed by atoms with Gasteiger partial charge in [0.1, 0.15) is 0 Å². The molecule has 0 aliphatic carbocycles. The number of rotatable bonds is 28. The average molecular weight is 591 g/mol. The van der Waals surface area contributed by atoms with E-state index in [1.54, 1.807) is 7.05 Å². The lowest BCUT2D eigenvalue weighted by molar-refractivity contribution is -0.128. The van der Waals surface area contributed by atoms with Crippen LogP contribution in [0.25, 0.3) is 0 Å². The summed E-state index contributed by atoms with van der Waals surface area (Å²) < 4.78 is 11.0. The molecule has 0 aliphatic rings. The van der Waals surface area contributed by atoms with Gasteiger partial charge >= 0.3 is 0 Å². The number of nitrogens with two attached hydrogens (primary N) is 3. The van der Waals surface area contributed by atoms with E-state index in [0.29, 0.717) is 105 Å². The van der Waals surface area contributed by atoms with Gasteiger partial charge in [-0.2, -0.15) is 0 Å². The first-order chi connectivity index (χ1) is 19.8. The zero-order valence-electron chi connectivity index (χ0n) is 24.6. The van der Waals surface area contributed by atoms with Crippen LogP contribution in [0, 0.1) is 0 Å². The highest BCUT2D eigenvalue weighted by atomic mass is 16.5. The summed E-state index contributed by atoms with van der Waals surface area (Å²) in [5, 5.41) is 19.9. The van der Waals surface area contributed by atoms with Crippen molar-refractivity contribution in [3.63, 3.8) is 0 Å². The molecule has 0 spiro atoms. The molecule has 0 aromatic heterocycles. The van der Waals surface area contributed by atoms with Crippen LogP contribution < -0.4 is 54.4 Å². The van der Waals surface area contributed by atoms with E-state index in [-0.39, 0.29) is 36.5 Å². The molecule has 0 bridgehead atoms. The summed E-state index contributed by atoms with van der Waals surface area (Å²) in [5.41, 5.74) is 16.5. The number of nitrogens with one attached hydrogen (secondary N) is 7. The molecule has 0 saturated carbocycles. The lowest BCUT2D eigenvalue weighted by Gasteiger charge is -2.16. The molecule has 0 fully saturated rings. The first-order valence-corrected chi connectivity index (χ1v) is 14.3. The first kappa shape index (κ1) is 38.6. The van der Waals surface area contributed by atoms with Crippen LogP contribution in [0.2, 0.25) is 0 Å². The molecule has 240 valence electrons. The van der Waals surface area contributed by atoms with E-state index in [0.717, 1.165) is 0 Å². The summed E-state index contributed by atoms with van der Waals surface area (Å²) in [7, 11) is 1.64. The van der Waals surface area contributed by atoms with E-state index in [1.165, 1.54) is 0 Å². The van der Waals surface area contributed by atoms with Crippen LogP contribution in [0.4, 0.5) is 0 Å². The highest BCUT2D eigenvalue weighted by Gasteiger charge is 2.19. The fourth-order valence-corrected chi connectivity index (χ4v) is 3.33. The van der Waals surface area contributed by atoms with Gasteiger partial charge in [-0.3, -0.25) is 19.2 Å². The van der Waals surface area contributed by atoms with Crippen LogP contribution in [0.3, 0.4) is 0 Å². The summed E-state index contributed by atoms with van der Waals surface area (Å²) in [6.07, 6.45) is 1.19. The molecule has 13 N–H and O–H groups in total. The van der Waals surface area contributed by atoms with Crippen molar-refractivity contribution < 1.29 is 28.7 Å². The van der Waals surface area contributed by atoms with Crippen molar-refractivity contribution in [3.05, 3.63) is 0 Å². The van der Waals surface area contributed by atoms with Crippen molar-refractivity contribution in [2.75, 3.05) is 98.9 Å². The van der Waals surface area contributed by atoms with Gasteiger partial charge in [0, 0.05) is 78.7 Å². The lowest BCUT2D eigenvalue weighted by Crippen LogP contribution is -2.46. The summed E-state index contributed by atoms with van der Waals surface area (Å²) in [5.74, 6) is -1.10. The fraction of sp³-hybridized carbons (Fsp3) is 0.840. The molecule has 2 unspecified atom stereocenters. The van der Waals surface area contributed by atoms with Gasteiger partial charge in [0.05, 0.1) is 38.1 Å². The average Bonchev–Trinajstić information content (AvgIpc) is 2.95. The second-order valence-corrected chi connectivity index (χ2v) is 9.15. The third kappa shape index (κ3) is 23.9. The molecule has 16 nitrogen and oxygen atoms in total. The zero-order valence-corrected chi connectivity index (χ0v) is 24.6. The molecule has 0 rings (SSSR count). The van der Waals surface area contributed by atoms with Gasteiger partial charge in [-0.05, 0) is 19.9 Å². The van der Waals surface area contributed by atoms with Gasteiger partial charge in [-0.15, -0.1) is 0 Å². The van der Waals surface area contributed by atoms with Crippen molar-refractivity contribution in [1.29, 1.82) is 0 Å². The Balaban J connectivity index is 3.67. The minimum atomic E-state index is -0.908. The Morgan fingerprint density at radius 1 is 0.610 bits per heavy atom. The minimum Gasteiger partial charge on any atom is -0.379 e. The number of amides is 4. The zero-order chi connectivity index (χ0) is 30.6. The van der Waals surface area contributed by atoms with Gasteiger partial charge in [0.15, 0.2) is 0 Å². The quantitative estimate of drug-likeness (QED) is 0.0385. The third-order valence-corrected chi connectivity index (χ3v) is 5.59. The highest BCUT2D eigenvalue weighted by molar-refractivity contribution is 5.88. The van der Waals surface area contributed by atoms with Gasteiger partial charge < -0.3 is 63.9 Å². The predicted molar refractivity (Wildman–Crippen MR) is 157 cm³/mol. The van der Waals surface area contributed by atoms with Crippen molar-refractivity contribution in [2.24, 2.45) is 17.2 Å². The van der Waals surface area contributed by atoms with E-state index >= 15 is 0 Å². The summed E-state index contributed by atoms with van der Waals surface area (Å²) in [6.45, 7) is 7.07. The molecule has 0 radical (unpaired) electrons.